The molecule has 0 unspecified atom stereocenters. The lowest BCUT2D eigenvalue weighted by Gasteiger charge is -2.15. The highest BCUT2D eigenvalue weighted by molar-refractivity contribution is 7.99. The molecule has 2 amide bonds. The third kappa shape index (κ3) is 7.68. The van der Waals surface area contributed by atoms with E-state index in [9.17, 15) is 14.4 Å². The van der Waals surface area contributed by atoms with Crippen molar-refractivity contribution in [3.05, 3.63) is 83.2 Å². The van der Waals surface area contributed by atoms with Gasteiger partial charge in [0.25, 0.3) is 5.91 Å². The Labute approximate surface area is 224 Å². The van der Waals surface area contributed by atoms with Gasteiger partial charge in [-0.3, -0.25) is 9.59 Å². The number of aromatic nitrogens is 3. The van der Waals surface area contributed by atoms with E-state index in [0.29, 0.717) is 39.4 Å². The van der Waals surface area contributed by atoms with Gasteiger partial charge in [0.2, 0.25) is 5.91 Å². The highest BCUT2D eigenvalue weighted by Gasteiger charge is 2.21. The van der Waals surface area contributed by atoms with E-state index in [1.165, 1.54) is 11.8 Å². The van der Waals surface area contributed by atoms with Gasteiger partial charge in [-0.05, 0) is 51.1 Å². The number of hydrogen-bond donors (Lipinski definition) is 2. The molecule has 37 heavy (non-hydrogen) atoms. The molecule has 0 saturated carbocycles. The third-order valence-corrected chi connectivity index (χ3v) is 6.26. The minimum absolute atomic E-state index is 0.0519. The van der Waals surface area contributed by atoms with Gasteiger partial charge in [-0.15, -0.1) is 16.8 Å². The number of benzene rings is 2. The van der Waals surface area contributed by atoms with Crippen molar-refractivity contribution in [1.82, 2.24) is 20.1 Å². The summed E-state index contributed by atoms with van der Waals surface area (Å²) in [5, 5.41) is 14.9. The van der Waals surface area contributed by atoms with Crippen molar-refractivity contribution < 1.29 is 19.1 Å². The molecule has 0 aliphatic heterocycles. The minimum Gasteiger partial charge on any atom is -0.459 e. The van der Waals surface area contributed by atoms with E-state index in [4.69, 9.17) is 16.3 Å². The first kappa shape index (κ1) is 27.9. The zero-order valence-electron chi connectivity index (χ0n) is 20.7. The van der Waals surface area contributed by atoms with Gasteiger partial charge in [0.05, 0.1) is 34.0 Å². The smallest absolute Gasteiger partial charge is 0.338 e. The summed E-state index contributed by atoms with van der Waals surface area (Å²) in [6.07, 6.45) is 1.44. The minimum atomic E-state index is -0.479. The first-order chi connectivity index (χ1) is 17.7. The first-order valence-corrected chi connectivity index (χ1v) is 12.9. The average molecular weight is 542 g/mol. The Bertz CT molecular complexity index is 1290. The number of esters is 1. The van der Waals surface area contributed by atoms with Crippen LogP contribution in [0.5, 0.6) is 0 Å². The number of halogens is 1. The lowest BCUT2D eigenvalue weighted by atomic mass is 10.2. The van der Waals surface area contributed by atoms with Crippen LogP contribution in [-0.2, 0) is 16.1 Å². The van der Waals surface area contributed by atoms with Gasteiger partial charge in [0, 0.05) is 12.2 Å². The quantitative estimate of drug-likeness (QED) is 0.201. The summed E-state index contributed by atoms with van der Waals surface area (Å²) < 4.78 is 6.98. The summed E-state index contributed by atoms with van der Waals surface area (Å²) in [6.45, 7) is 9.49. The maximum absolute atomic E-state index is 12.7. The number of carbonyl (C=O) groups is 3. The zero-order valence-corrected chi connectivity index (χ0v) is 22.3. The number of nitrogens with one attached hydrogen (secondary N) is 2. The fourth-order valence-electron chi connectivity index (χ4n) is 3.35. The monoisotopic (exact) mass is 541 g/mol. The summed E-state index contributed by atoms with van der Waals surface area (Å²) in [6, 6.07) is 12.8. The molecule has 1 atom stereocenters. The van der Waals surface area contributed by atoms with E-state index >= 15 is 0 Å². The lowest BCUT2D eigenvalue weighted by Crippen LogP contribution is -2.29. The van der Waals surface area contributed by atoms with Gasteiger partial charge in [-0.1, -0.05) is 47.6 Å². The lowest BCUT2D eigenvalue weighted by molar-refractivity contribution is -0.113. The number of amides is 2. The van der Waals surface area contributed by atoms with Gasteiger partial charge in [0.1, 0.15) is 0 Å². The Morgan fingerprint density at radius 2 is 1.89 bits per heavy atom. The summed E-state index contributed by atoms with van der Waals surface area (Å²) in [4.78, 5) is 37.4. The molecule has 0 radical (unpaired) electrons. The van der Waals surface area contributed by atoms with Gasteiger partial charge in [-0.25, -0.2) is 4.79 Å². The molecular weight excluding hydrogens is 514 g/mol. The number of hydrogen-bond acceptors (Lipinski definition) is 7. The summed E-state index contributed by atoms with van der Waals surface area (Å²) in [5.41, 5.74) is 1.19. The van der Waals surface area contributed by atoms with Crippen molar-refractivity contribution in [3.63, 3.8) is 0 Å². The number of anilines is 1. The van der Waals surface area contributed by atoms with Crippen LogP contribution in [0.3, 0.4) is 0 Å². The largest absolute Gasteiger partial charge is 0.459 e. The zero-order chi connectivity index (χ0) is 26.9. The molecule has 0 spiro atoms. The summed E-state index contributed by atoms with van der Waals surface area (Å²) >= 11 is 7.33. The fourth-order valence-corrected chi connectivity index (χ4v) is 4.32. The Hall–Kier alpha value is -3.63. The third-order valence-electron chi connectivity index (χ3n) is 4.97. The molecule has 1 heterocycles. The van der Waals surface area contributed by atoms with Gasteiger partial charge in [-0.2, -0.15) is 0 Å². The summed E-state index contributed by atoms with van der Waals surface area (Å²) in [5.74, 6) is -0.509. The molecule has 0 saturated heterocycles. The maximum atomic E-state index is 12.7. The van der Waals surface area contributed by atoms with Crippen molar-refractivity contribution in [3.8, 4) is 0 Å². The Kier molecular flexibility index (Phi) is 9.87. The van der Waals surface area contributed by atoms with E-state index in [-0.39, 0.29) is 23.7 Å². The van der Waals surface area contributed by atoms with Crippen LogP contribution in [0.15, 0.2) is 66.3 Å². The highest BCUT2D eigenvalue weighted by Crippen LogP contribution is 2.23. The van der Waals surface area contributed by atoms with Crippen molar-refractivity contribution in [1.29, 1.82) is 0 Å². The second kappa shape index (κ2) is 13.1. The molecule has 2 N–H and O–H groups in total. The second-order valence-corrected chi connectivity index (χ2v) is 9.64. The van der Waals surface area contributed by atoms with Crippen molar-refractivity contribution in [2.24, 2.45) is 0 Å². The number of carbonyl (C=O) groups excluding carboxylic acids is 3. The van der Waals surface area contributed by atoms with Crippen molar-refractivity contribution in [2.45, 2.75) is 44.6 Å². The van der Waals surface area contributed by atoms with E-state index in [1.54, 1.807) is 79.9 Å². The average Bonchev–Trinajstić information content (AvgIpc) is 3.25. The van der Waals surface area contributed by atoms with Crippen LogP contribution >= 0.6 is 23.4 Å². The molecule has 11 heteroatoms. The van der Waals surface area contributed by atoms with Crippen LogP contribution in [-0.4, -0.2) is 44.4 Å². The topological polar surface area (TPSA) is 115 Å². The van der Waals surface area contributed by atoms with E-state index in [2.05, 4.69) is 27.4 Å². The standard InChI is InChI=1S/C26H28ClN5O4S/c1-5-13-32-23(17(4)28-24(34)20-11-6-7-12-21(20)27)30-31-26(32)37-15-22(33)29-19-10-8-9-18(14-19)25(35)36-16(2)3/h5-12,14,16-17H,1,13,15H2,2-4H3,(H,28,34)(H,29,33)/t17-/m1/s1. The molecule has 2 aromatic carbocycles. The van der Waals surface area contributed by atoms with Crippen LogP contribution in [0.1, 0.15) is 53.4 Å². The van der Waals surface area contributed by atoms with Crippen LogP contribution in [0.2, 0.25) is 5.02 Å². The predicted octanol–water partition coefficient (Wildman–Crippen LogP) is 4.90. The molecular formula is C26H28ClN5O4S. The van der Waals surface area contributed by atoms with Crippen LogP contribution in [0.25, 0.3) is 0 Å². The molecule has 0 aliphatic rings. The maximum Gasteiger partial charge on any atom is 0.338 e. The molecule has 0 fully saturated rings. The summed E-state index contributed by atoms with van der Waals surface area (Å²) in [7, 11) is 0. The van der Waals surface area contributed by atoms with Crippen LogP contribution < -0.4 is 10.6 Å². The molecule has 3 rings (SSSR count). The van der Waals surface area contributed by atoms with Crippen LogP contribution in [0, 0.1) is 0 Å². The van der Waals surface area contributed by atoms with Gasteiger partial charge in [0.15, 0.2) is 11.0 Å². The number of nitrogens with zero attached hydrogens (tertiary/aromatic N) is 3. The molecule has 1 aromatic heterocycles. The molecule has 3 aromatic rings. The van der Waals surface area contributed by atoms with E-state index < -0.39 is 12.0 Å². The fraction of sp³-hybridized carbons (Fsp3) is 0.269. The van der Waals surface area contributed by atoms with E-state index in [0.717, 1.165) is 0 Å². The van der Waals surface area contributed by atoms with E-state index in [1.807, 2.05) is 0 Å². The second-order valence-electron chi connectivity index (χ2n) is 8.29. The SMILES string of the molecule is C=CCn1c(SCC(=O)Nc2cccc(C(=O)OC(C)C)c2)nnc1[C@@H](C)NC(=O)c1ccccc1Cl. The Balaban J connectivity index is 1.65. The molecule has 194 valence electrons. The highest BCUT2D eigenvalue weighted by atomic mass is 35.5. The molecule has 0 aliphatic carbocycles. The molecule has 0 bridgehead atoms. The Morgan fingerprint density at radius 1 is 1.14 bits per heavy atom. The number of ether oxygens (including phenoxy) is 1. The normalized spacial score (nSPS) is 11.6. The van der Waals surface area contributed by atoms with Crippen molar-refractivity contribution in [2.75, 3.05) is 11.1 Å². The van der Waals surface area contributed by atoms with Gasteiger partial charge < -0.3 is 19.9 Å². The Morgan fingerprint density at radius 3 is 2.59 bits per heavy atom. The predicted molar refractivity (Wildman–Crippen MR) is 144 cm³/mol. The van der Waals surface area contributed by atoms with Crippen LogP contribution in [0.4, 0.5) is 5.69 Å². The molecule has 9 nitrogen and oxygen atoms in total. The first-order valence-electron chi connectivity index (χ1n) is 11.5. The van der Waals surface area contributed by atoms with Gasteiger partial charge >= 0.3 is 5.97 Å². The van der Waals surface area contributed by atoms with Crippen molar-refractivity contribution >= 4 is 46.8 Å². The number of rotatable bonds is 11. The number of thioether (sulfide) groups is 1. The number of allylic oxidation sites excluding steroid dienone is 1.